The van der Waals surface area contributed by atoms with Crippen molar-refractivity contribution in [1.82, 2.24) is 0 Å². The summed E-state index contributed by atoms with van der Waals surface area (Å²) >= 11 is 0. The van der Waals surface area contributed by atoms with Crippen LogP contribution in [0, 0.1) is 5.92 Å². The van der Waals surface area contributed by atoms with E-state index in [1.165, 1.54) is 147 Å². The second kappa shape index (κ2) is 28.4. The molecule has 4 unspecified atom stereocenters. The van der Waals surface area contributed by atoms with E-state index in [0.717, 1.165) is 19.8 Å². The first-order valence-corrected chi connectivity index (χ1v) is 20.3. The molecule has 4 heteroatoms. The molecule has 0 heterocycles. The zero-order valence-corrected chi connectivity index (χ0v) is 28.9. The second-order valence-corrected chi connectivity index (χ2v) is 17.1. The quantitative estimate of drug-likeness (QED) is 0.0663. The Morgan fingerprint density at radius 3 is 1.51 bits per heavy atom. The smallest absolute Gasteiger partial charge is 0.0893 e. The van der Waals surface area contributed by atoms with E-state index in [1.54, 1.807) is 0 Å². The molecule has 0 aliphatic rings. The minimum Gasteiger partial charge on any atom is -0.376 e. The largest absolute Gasteiger partial charge is 0.376 e. The molecule has 0 fully saturated rings. The van der Waals surface area contributed by atoms with E-state index in [4.69, 9.17) is 15.2 Å². The highest BCUT2D eigenvalue weighted by molar-refractivity contribution is 7.75. The highest BCUT2D eigenvalue weighted by atomic mass is 31.2. The molecule has 2 N–H and O–H groups in total. The van der Waals surface area contributed by atoms with Gasteiger partial charge in [0, 0.05) is 26.4 Å². The molecule has 0 saturated heterocycles. The molecule has 0 bridgehead atoms. The lowest BCUT2D eigenvalue weighted by molar-refractivity contribution is -0.0853. The van der Waals surface area contributed by atoms with E-state index in [1.807, 2.05) is 0 Å². The minimum absolute atomic E-state index is 0.187. The third-order valence-electron chi connectivity index (χ3n) is 8.69. The highest BCUT2D eigenvalue weighted by Crippen LogP contribution is 2.62. The Bertz CT molecular complexity index is 477. The Morgan fingerprint density at radius 1 is 0.513 bits per heavy atom. The second-order valence-electron chi connectivity index (χ2n) is 12.7. The van der Waals surface area contributed by atoms with E-state index in [-0.39, 0.29) is 12.2 Å². The Hall–Kier alpha value is 0.310. The van der Waals surface area contributed by atoms with Gasteiger partial charge in [-0.1, -0.05) is 105 Å². The van der Waals surface area contributed by atoms with Crippen LogP contribution in [-0.2, 0) is 9.47 Å². The van der Waals surface area contributed by atoms with Crippen LogP contribution >= 0.6 is 7.26 Å². The van der Waals surface area contributed by atoms with Gasteiger partial charge in [0.25, 0.3) is 0 Å². The van der Waals surface area contributed by atoms with Gasteiger partial charge >= 0.3 is 0 Å². The molecular formula is C35H75NO2P+. The lowest BCUT2D eigenvalue weighted by atomic mass is 10.0. The minimum atomic E-state index is -1.02. The number of unbranched alkanes of at least 4 members (excludes halogenated alkanes) is 14. The van der Waals surface area contributed by atoms with Crippen molar-refractivity contribution in [2.24, 2.45) is 11.7 Å². The maximum absolute atomic E-state index is 6.74. The Morgan fingerprint density at radius 2 is 0.949 bits per heavy atom. The van der Waals surface area contributed by atoms with Crippen molar-refractivity contribution in [2.75, 3.05) is 44.4 Å². The summed E-state index contributed by atoms with van der Waals surface area (Å²) in [5, 5.41) is 0. The summed E-state index contributed by atoms with van der Waals surface area (Å²) in [6.07, 6.45) is 31.4. The third-order valence-corrected chi connectivity index (χ3v) is 13.8. The molecule has 0 amide bonds. The first-order chi connectivity index (χ1) is 19.0. The molecule has 3 nitrogen and oxygen atoms in total. The Labute approximate surface area is 248 Å². The fourth-order valence-electron chi connectivity index (χ4n) is 6.22. The van der Waals surface area contributed by atoms with Crippen LogP contribution in [0.2, 0.25) is 0 Å². The zero-order valence-electron chi connectivity index (χ0n) is 28.0. The molecule has 0 saturated carbocycles. The predicted octanol–water partition coefficient (Wildman–Crippen LogP) is 10.9. The standard InChI is InChI=1S/C35H75NO2P/c1-7-11-15-18-19-23-27-37-34(6)35(38-28-22-16-12-8-2)33(5)32-39(29-14-10-4,30-24-17-13-9-3)31-25-20-21-26-36/h33-35H,7-32,36H2,1-6H3/q+1. The van der Waals surface area contributed by atoms with Gasteiger partial charge in [-0.2, -0.15) is 0 Å². The van der Waals surface area contributed by atoms with Gasteiger partial charge in [0.2, 0.25) is 0 Å². The molecule has 39 heavy (non-hydrogen) atoms. The molecule has 0 rings (SSSR count). The molecule has 0 radical (unpaired) electrons. The van der Waals surface area contributed by atoms with E-state index < -0.39 is 7.26 Å². The fraction of sp³-hybridized carbons (Fsp3) is 1.00. The fourth-order valence-corrected chi connectivity index (χ4v) is 11.6. The molecule has 4 atom stereocenters. The molecule has 0 aromatic rings. The van der Waals surface area contributed by atoms with Crippen LogP contribution in [0.5, 0.6) is 0 Å². The molecule has 0 aromatic heterocycles. The maximum Gasteiger partial charge on any atom is 0.0893 e. The average Bonchev–Trinajstić information content (AvgIpc) is 2.93. The topological polar surface area (TPSA) is 44.5 Å². The summed E-state index contributed by atoms with van der Waals surface area (Å²) in [6, 6.07) is 0. The van der Waals surface area contributed by atoms with Gasteiger partial charge in [-0.25, -0.2) is 0 Å². The monoisotopic (exact) mass is 573 g/mol. The van der Waals surface area contributed by atoms with Gasteiger partial charge < -0.3 is 15.2 Å². The summed E-state index contributed by atoms with van der Waals surface area (Å²) in [4.78, 5) is 0. The lowest BCUT2D eigenvalue weighted by Gasteiger charge is -2.35. The number of nitrogens with two attached hydrogens (primary N) is 1. The van der Waals surface area contributed by atoms with Crippen LogP contribution < -0.4 is 5.73 Å². The first kappa shape index (κ1) is 39.3. The van der Waals surface area contributed by atoms with Gasteiger partial charge in [0.05, 0.1) is 36.9 Å². The highest BCUT2D eigenvalue weighted by Gasteiger charge is 2.40. The van der Waals surface area contributed by atoms with Gasteiger partial charge in [0.15, 0.2) is 0 Å². The van der Waals surface area contributed by atoms with Crippen molar-refractivity contribution in [2.45, 2.75) is 176 Å². The summed E-state index contributed by atoms with van der Waals surface area (Å²) in [5.41, 5.74) is 5.86. The van der Waals surface area contributed by atoms with Crippen molar-refractivity contribution in [3.8, 4) is 0 Å². The summed E-state index contributed by atoms with van der Waals surface area (Å²) < 4.78 is 13.2. The molecular weight excluding hydrogens is 497 g/mol. The van der Waals surface area contributed by atoms with Gasteiger partial charge in [0.1, 0.15) is 0 Å². The van der Waals surface area contributed by atoms with Crippen LogP contribution in [0.1, 0.15) is 164 Å². The molecule has 0 aromatic carbocycles. The predicted molar refractivity (Wildman–Crippen MR) is 180 cm³/mol. The van der Waals surface area contributed by atoms with E-state index in [0.29, 0.717) is 5.92 Å². The number of hydrogen-bond acceptors (Lipinski definition) is 3. The molecule has 0 aliphatic carbocycles. The number of ether oxygens (including phenoxy) is 2. The Balaban J connectivity index is 5.40. The lowest BCUT2D eigenvalue weighted by Crippen LogP contribution is -2.38. The zero-order chi connectivity index (χ0) is 29.0. The van der Waals surface area contributed by atoms with Crippen LogP contribution in [0.25, 0.3) is 0 Å². The van der Waals surface area contributed by atoms with Gasteiger partial charge in [-0.3, -0.25) is 0 Å². The van der Waals surface area contributed by atoms with Crippen LogP contribution in [-0.4, -0.2) is 56.6 Å². The third kappa shape index (κ3) is 21.6. The van der Waals surface area contributed by atoms with Crippen LogP contribution in [0.3, 0.4) is 0 Å². The van der Waals surface area contributed by atoms with E-state index in [2.05, 4.69) is 41.5 Å². The van der Waals surface area contributed by atoms with Gasteiger partial charge in [-0.05, 0) is 64.8 Å². The molecule has 0 aliphatic heterocycles. The van der Waals surface area contributed by atoms with Crippen LogP contribution in [0.4, 0.5) is 0 Å². The molecule has 0 spiro atoms. The molecule has 236 valence electrons. The van der Waals surface area contributed by atoms with Crippen molar-refractivity contribution in [1.29, 1.82) is 0 Å². The normalized spacial score (nSPS) is 15.8. The van der Waals surface area contributed by atoms with Crippen LogP contribution in [0.15, 0.2) is 0 Å². The average molecular weight is 573 g/mol. The Kier molecular flexibility index (Phi) is 28.7. The van der Waals surface area contributed by atoms with Crippen molar-refractivity contribution in [3.05, 3.63) is 0 Å². The summed E-state index contributed by atoms with van der Waals surface area (Å²) in [6.45, 7) is 16.7. The number of rotatable bonds is 31. The van der Waals surface area contributed by atoms with Crippen molar-refractivity contribution < 1.29 is 9.47 Å². The van der Waals surface area contributed by atoms with Crippen molar-refractivity contribution >= 4 is 7.26 Å². The van der Waals surface area contributed by atoms with Gasteiger partial charge in [-0.15, -0.1) is 0 Å². The SMILES string of the molecule is CCCCCCCCOC(C)C(OCCCCCC)C(C)C[P+](CCCC)(CCCCCC)CCCCCN. The van der Waals surface area contributed by atoms with E-state index >= 15 is 0 Å². The van der Waals surface area contributed by atoms with E-state index in [9.17, 15) is 0 Å². The summed E-state index contributed by atoms with van der Waals surface area (Å²) in [5.74, 6) is 0.571. The van der Waals surface area contributed by atoms with Crippen molar-refractivity contribution in [3.63, 3.8) is 0 Å². The summed E-state index contributed by atoms with van der Waals surface area (Å²) in [7, 11) is -1.02. The maximum atomic E-state index is 6.74. The number of hydrogen-bond donors (Lipinski definition) is 1. The first-order valence-electron chi connectivity index (χ1n) is 17.8.